The maximum absolute atomic E-state index is 11.6. The molecule has 0 spiro atoms. The van der Waals surface area contributed by atoms with Gasteiger partial charge in [0.15, 0.2) is 0 Å². The second-order valence-corrected chi connectivity index (χ2v) is 5.26. The van der Waals surface area contributed by atoms with E-state index in [1.54, 1.807) is 0 Å². The molecule has 2 N–H and O–H groups in total. The highest BCUT2D eigenvalue weighted by atomic mass is 16.1. The molecule has 1 amide bonds. The topological polar surface area (TPSA) is 41.1 Å². The standard InChI is InChI=1S/C15H22N2O/c1-11-3-7-14(8-4-11)12(2)16-10-15(18)17-9-13-5-6-13/h3-4,7-8,12-13,16H,5-6,9-10H2,1-2H3,(H,17,18). The van der Waals surface area contributed by atoms with Crippen molar-refractivity contribution >= 4 is 5.91 Å². The number of benzene rings is 1. The van der Waals surface area contributed by atoms with Crippen molar-refractivity contribution in [3.05, 3.63) is 35.4 Å². The molecule has 2 rings (SSSR count). The Balaban J connectivity index is 1.71. The monoisotopic (exact) mass is 246 g/mol. The van der Waals surface area contributed by atoms with Crippen molar-refractivity contribution in [3.63, 3.8) is 0 Å². The molecule has 0 saturated heterocycles. The molecule has 1 unspecified atom stereocenters. The van der Waals surface area contributed by atoms with Gasteiger partial charge in [0.1, 0.15) is 0 Å². The average Bonchev–Trinajstić information content (AvgIpc) is 3.18. The van der Waals surface area contributed by atoms with Crippen LogP contribution >= 0.6 is 0 Å². The first-order valence-corrected chi connectivity index (χ1v) is 6.72. The van der Waals surface area contributed by atoms with E-state index < -0.39 is 0 Å². The van der Waals surface area contributed by atoms with Crippen LogP contribution in [0.3, 0.4) is 0 Å². The molecule has 0 aromatic heterocycles. The molecule has 1 saturated carbocycles. The largest absolute Gasteiger partial charge is 0.355 e. The highest BCUT2D eigenvalue weighted by Gasteiger charge is 2.21. The highest BCUT2D eigenvalue weighted by Crippen LogP contribution is 2.27. The van der Waals surface area contributed by atoms with E-state index in [1.807, 2.05) is 0 Å². The molecule has 3 heteroatoms. The van der Waals surface area contributed by atoms with Crippen LogP contribution in [0.1, 0.15) is 36.9 Å². The highest BCUT2D eigenvalue weighted by molar-refractivity contribution is 5.78. The van der Waals surface area contributed by atoms with Crippen LogP contribution in [0, 0.1) is 12.8 Å². The van der Waals surface area contributed by atoms with Gasteiger partial charge < -0.3 is 10.6 Å². The Morgan fingerprint density at radius 3 is 2.61 bits per heavy atom. The zero-order valence-electron chi connectivity index (χ0n) is 11.2. The van der Waals surface area contributed by atoms with Crippen molar-refractivity contribution in [2.75, 3.05) is 13.1 Å². The summed E-state index contributed by atoms with van der Waals surface area (Å²) < 4.78 is 0. The van der Waals surface area contributed by atoms with Crippen molar-refractivity contribution in [3.8, 4) is 0 Å². The number of amides is 1. The van der Waals surface area contributed by atoms with Crippen LogP contribution in [0.15, 0.2) is 24.3 Å². The minimum Gasteiger partial charge on any atom is -0.355 e. The molecule has 1 aliphatic carbocycles. The summed E-state index contributed by atoms with van der Waals surface area (Å²) in [5.41, 5.74) is 2.48. The van der Waals surface area contributed by atoms with E-state index in [0.717, 1.165) is 12.5 Å². The van der Waals surface area contributed by atoms with E-state index in [1.165, 1.54) is 24.0 Å². The molecule has 1 atom stereocenters. The van der Waals surface area contributed by atoms with Crippen molar-refractivity contribution in [1.29, 1.82) is 0 Å². The normalized spacial score (nSPS) is 16.3. The molecular formula is C15H22N2O. The number of hydrogen-bond donors (Lipinski definition) is 2. The quantitative estimate of drug-likeness (QED) is 0.807. The fraction of sp³-hybridized carbons (Fsp3) is 0.533. The Kier molecular flexibility index (Phi) is 4.37. The first kappa shape index (κ1) is 13.1. The summed E-state index contributed by atoms with van der Waals surface area (Å²) in [6.45, 7) is 5.40. The van der Waals surface area contributed by atoms with E-state index >= 15 is 0 Å². The van der Waals surface area contributed by atoms with Gasteiger partial charge >= 0.3 is 0 Å². The number of aryl methyl sites for hydroxylation is 1. The third kappa shape index (κ3) is 4.15. The molecule has 0 aliphatic heterocycles. The Hall–Kier alpha value is -1.35. The van der Waals surface area contributed by atoms with Crippen LogP contribution in [0.25, 0.3) is 0 Å². The minimum atomic E-state index is 0.0980. The summed E-state index contributed by atoms with van der Waals surface area (Å²) in [6, 6.07) is 8.61. The van der Waals surface area contributed by atoms with Gasteiger partial charge in [-0.15, -0.1) is 0 Å². The summed E-state index contributed by atoms with van der Waals surface area (Å²) in [5.74, 6) is 0.837. The van der Waals surface area contributed by atoms with E-state index in [-0.39, 0.29) is 11.9 Å². The molecule has 0 heterocycles. The predicted octanol–water partition coefficient (Wildman–Crippen LogP) is 2.17. The molecule has 98 valence electrons. The van der Waals surface area contributed by atoms with E-state index in [4.69, 9.17) is 0 Å². The molecule has 0 radical (unpaired) electrons. The Labute approximate surface area is 109 Å². The summed E-state index contributed by atoms with van der Waals surface area (Å²) in [4.78, 5) is 11.6. The molecular weight excluding hydrogens is 224 g/mol. The smallest absolute Gasteiger partial charge is 0.233 e. The molecule has 3 nitrogen and oxygen atoms in total. The number of carbonyl (C=O) groups excluding carboxylic acids is 1. The van der Waals surface area contributed by atoms with Crippen molar-refractivity contribution in [2.45, 2.75) is 32.7 Å². The first-order chi connectivity index (χ1) is 8.65. The second kappa shape index (κ2) is 6.01. The fourth-order valence-corrected chi connectivity index (χ4v) is 1.86. The molecule has 18 heavy (non-hydrogen) atoms. The SMILES string of the molecule is Cc1ccc(C(C)NCC(=O)NCC2CC2)cc1. The Morgan fingerprint density at radius 1 is 1.33 bits per heavy atom. The van der Waals surface area contributed by atoms with Gasteiger partial charge in [-0.1, -0.05) is 29.8 Å². The van der Waals surface area contributed by atoms with Crippen molar-refractivity contribution in [1.82, 2.24) is 10.6 Å². The fourth-order valence-electron chi connectivity index (χ4n) is 1.86. The molecule has 0 bridgehead atoms. The van der Waals surface area contributed by atoms with Crippen molar-refractivity contribution in [2.24, 2.45) is 5.92 Å². The van der Waals surface area contributed by atoms with E-state index in [9.17, 15) is 4.79 Å². The molecule has 1 aromatic carbocycles. The maximum Gasteiger partial charge on any atom is 0.233 e. The van der Waals surface area contributed by atoms with E-state index in [2.05, 4.69) is 48.7 Å². The van der Waals surface area contributed by atoms with Gasteiger partial charge in [-0.05, 0) is 38.2 Å². The molecule has 1 aromatic rings. The van der Waals surface area contributed by atoms with Crippen LogP contribution in [-0.4, -0.2) is 19.0 Å². The summed E-state index contributed by atoms with van der Waals surface area (Å²) in [7, 11) is 0. The lowest BCUT2D eigenvalue weighted by atomic mass is 10.1. The van der Waals surface area contributed by atoms with Gasteiger partial charge in [0.2, 0.25) is 5.91 Å². The zero-order valence-corrected chi connectivity index (χ0v) is 11.2. The molecule has 1 fully saturated rings. The van der Waals surface area contributed by atoms with Gasteiger partial charge in [-0.2, -0.15) is 0 Å². The summed E-state index contributed by atoms with van der Waals surface area (Å²) >= 11 is 0. The van der Waals surface area contributed by atoms with E-state index in [0.29, 0.717) is 6.54 Å². The summed E-state index contributed by atoms with van der Waals surface area (Å²) in [6.07, 6.45) is 2.54. The lowest BCUT2D eigenvalue weighted by molar-refractivity contribution is -0.120. The third-order valence-corrected chi connectivity index (χ3v) is 3.43. The Morgan fingerprint density at radius 2 is 2.00 bits per heavy atom. The third-order valence-electron chi connectivity index (χ3n) is 3.43. The van der Waals surface area contributed by atoms with Gasteiger partial charge in [-0.3, -0.25) is 4.79 Å². The number of nitrogens with one attached hydrogen (secondary N) is 2. The van der Waals surface area contributed by atoms with Gasteiger partial charge in [0, 0.05) is 12.6 Å². The lowest BCUT2D eigenvalue weighted by Crippen LogP contribution is -2.36. The van der Waals surface area contributed by atoms with Gasteiger partial charge in [-0.25, -0.2) is 0 Å². The van der Waals surface area contributed by atoms with Crippen LogP contribution in [0.4, 0.5) is 0 Å². The van der Waals surface area contributed by atoms with Crippen molar-refractivity contribution < 1.29 is 4.79 Å². The first-order valence-electron chi connectivity index (χ1n) is 6.72. The number of rotatable bonds is 6. The van der Waals surface area contributed by atoms with Gasteiger partial charge in [0.25, 0.3) is 0 Å². The average molecular weight is 246 g/mol. The predicted molar refractivity (Wildman–Crippen MR) is 73.3 cm³/mol. The zero-order chi connectivity index (χ0) is 13.0. The summed E-state index contributed by atoms with van der Waals surface area (Å²) in [5, 5.41) is 6.21. The molecule has 1 aliphatic rings. The number of carbonyl (C=O) groups is 1. The number of hydrogen-bond acceptors (Lipinski definition) is 2. The van der Waals surface area contributed by atoms with Crippen LogP contribution in [0.2, 0.25) is 0 Å². The maximum atomic E-state index is 11.6. The lowest BCUT2D eigenvalue weighted by Gasteiger charge is -2.14. The van der Waals surface area contributed by atoms with Crippen LogP contribution in [0.5, 0.6) is 0 Å². The van der Waals surface area contributed by atoms with Gasteiger partial charge in [0.05, 0.1) is 6.54 Å². The Bertz CT molecular complexity index is 395. The minimum absolute atomic E-state index is 0.0980. The van der Waals surface area contributed by atoms with Crippen LogP contribution < -0.4 is 10.6 Å². The second-order valence-electron chi connectivity index (χ2n) is 5.26. The van der Waals surface area contributed by atoms with Crippen LogP contribution in [-0.2, 0) is 4.79 Å².